The highest BCUT2D eigenvalue weighted by Gasteiger charge is 2.29. The number of aryl methyl sites for hydroxylation is 1. The highest BCUT2D eigenvalue weighted by Crippen LogP contribution is 2.33. The summed E-state index contributed by atoms with van der Waals surface area (Å²) in [6.07, 6.45) is 2.28. The third kappa shape index (κ3) is 2.81. The average molecular weight is 297 g/mol. The number of aromatic nitrogens is 1. The molecule has 1 aliphatic rings. The maximum atomic E-state index is 14.2. The lowest BCUT2D eigenvalue weighted by Gasteiger charge is -2.17. The van der Waals surface area contributed by atoms with E-state index in [0.717, 1.165) is 23.5 Å². The molecule has 0 aliphatic heterocycles. The van der Waals surface area contributed by atoms with Crippen molar-refractivity contribution in [2.24, 2.45) is 0 Å². The molecule has 0 saturated heterocycles. The summed E-state index contributed by atoms with van der Waals surface area (Å²) < 4.78 is 14.2. The van der Waals surface area contributed by atoms with Gasteiger partial charge in [0.2, 0.25) is 0 Å². The van der Waals surface area contributed by atoms with Crippen molar-refractivity contribution in [3.63, 3.8) is 0 Å². The standard InChI is InChI=1S/C14H14ClFN2S/c1-8-7-19-14(17-8)13(18-9-5-6-9)10-3-2-4-11(15)12(10)16/h2-4,7,9,13,18H,5-6H2,1H3. The van der Waals surface area contributed by atoms with Gasteiger partial charge in [0.25, 0.3) is 0 Å². The topological polar surface area (TPSA) is 24.9 Å². The maximum Gasteiger partial charge on any atom is 0.146 e. The van der Waals surface area contributed by atoms with E-state index < -0.39 is 0 Å². The van der Waals surface area contributed by atoms with Gasteiger partial charge in [-0.1, -0.05) is 23.7 Å². The average Bonchev–Trinajstić information content (AvgIpc) is 3.11. The summed E-state index contributed by atoms with van der Waals surface area (Å²) in [7, 11) is 0. The van der Waals surface area contributed by atoms with Crippen molar-refractivity contribution < 1.29 is 4.39 Å². The smallest absolute Gasteiger partial charge is 0.146 e. The summed E-state index contributed by atoms with van der Waals surface area (Å²) >= 11 is 7.44. The van der Waals surface area contributed by atoms with Crippen LogP contribution in [0, 0.1) is 12.7 Å². The summed E-state index contributed by atoms with van der Waals surface area (Å²) in [5.41, 5.74) is 1.54. The van der Waals surface area contributed by atoms with Gasteiger partial charge in [-0.2, -0.15) is 0 Å². The number of hydrogen-bond donors (Lipinski definition) is 1. The molecule has 1 saturated carbocycles. The van der Waals surface area contributed by atoms with Gasteiger partial charge < -0.3 is 5.32 Å². The van der Waals surface area contributed by atoms with E-state index in [4.69, 9.17) is 11.6 Å². The molecule has 2 aromatic rings. The molecule has 1 N–H and O–H groups in total. The number of rotatable bonds is 4. The van der Waals surface area contributed by atoms with Crippen molar-refractivity contribution in [3.05, 3.63) is 50.7 Å². The third-order valence-corrected chi connectivity index (χ3v) is 4.48. The second-order valence-corrected chi connectivity index (χ2v) is 6.14. The second kappa shape index (κ2) is 5.19. The van der Waals surface area contributed by atoms with Gasteiger partial charge in [-0.3, -0.25) is 0 Å². The van der Waals surface area contributed by atoms with Crippen molar-refractivity contribution in [2.45, 2.75) is 31.8 Å². The van der Waals surface area contributed by atoms with E-state index in [1.54, 1.807) is 29.5 Å². The van der Waals surface area contributed by atoms with E-state index in [2.05, 4.69) is 10.3 Å². The molecule has 0 spiro atoms. The van der Waals surface area contributed by atoms with Crippen molar-refractivity contribution in [1.29, 1.82) is 0 Å². The Kier molecular flexibility index (Phi) is 3.56. The first kappa shape index (κ1) is 13.0. The quantitative estimate of drug-likeness (QED) is 0.919. The van der Waals surface area contributed by atoms with Crippen molar-refractivity contribution in [2.75, 3.05) is 0 Å². The van der Waals surface area contributed by atoms with Crippen molar-refractivity contribution in [1.82, 2.24) is 10.3 Å². The molecule has 5 heteroatoms. The number of benzene rings is 1. The van der Waals surface area contributed by atoms with Crippen LogP contribution in [0.3, 0.4) is 0 Å². The fraction of sp³-hybridized carbons (Fsp3) is 0.357. The van der Waals surface area contributed by atoms with Gasteiger partial charge in [-0.25, -0.2) is 9.37 Å². The van der Waals surface area contributed by atoms with Crippen LogP contribution in [-0.2, 0) is 0 Å². The van der Waals surface area contributed by atoms with E-state index in [-0.39, 0.29) is 16.9 Å². The molecule has 19 heavy (non-hydrogen) atoms. The number of nitrogens with zero attached hydrogens (tertiary/aromatic N) is 1. The van der Waals surface area contributed by atoms with Crippen LogP contribution >= 0.6 is 22.9 Å². The third-order valence-electron chi connectivity index (χ3n) is 3.16. The van der Waals surface area contributed by atoms with E-state index >= 15 is 0 Å². The molecule has 0 radical (unpaired) electrons. The predicted octanol–water partition coefficient (Wildman–Crippen LogP) is 4.09. The zero-order valence-corrected chi connectivity index (χ0v) is 12.1. The Morgan fingerprint density at radius 3 is 2.89 bits per heavy atom. The fourth-order valence-electron chi connectivity index (χ4n) is 2.03. The minimum absolute atomic E-state index is 0.161. The van der Waals surface area contributed by atoms with Crippen LogP contribution in [-0.4, -0.2) is 11.0 Å². The van der Waals surface area contributed by atoms with Crippen LogP contribution in [0.1, 0.15) is 35.1 Å². The normalized spacial score (nSPS) is 16.6. The molecule has 1 aromatic heterocycles. The summed E-state index contributed by atoms with van der Waals surface area (Å²) in [6.45, 7) is 1.95. The second-order valence-electron chi connectivity index (χ2n) is 4.84. The predicted molar refractivity (Wildman–Crippen MR) is 76.3 cm³/mol. The molecule has 0 amide bonds. The molecule has 1 atom stereocenters. The zero-order chi connectivity index (χ0) is 13.4. The van der Waals surface area contributed by atoms with Gasteiger partial charge in [0.05, 0.1) is 11.1 Å². The lowest BCUT2D eigenvalue weighted by atomic mass is 10.1. The van der Waals surface area contributed by atoms with Crippen LogP contribution in [0.5, 0.6) is 0 Å². The first-order chi connectivity index (χ1) is 9.15. The van der Waals surface area contributed by atoms with Crippen LogP contribution in [0.15, 0.2) is 23.6 Å². The Hall–Kier alpha value is -0.970. The van der Waals surface area contributed by atoms with Crippen LogP contribution < -0.4 is 5.32 Å². The molecule has 1 heterocycles. The molecular formula is C14H14ClFN2S. The highest BCUT2D eigenvalue weighted by molar-refractivity contribution is 7.09. The molecule has 0 bridgehead atoms. The Bertz CT molecular complexity index is 595. The fourth-order valence-corrected chi connectivity index (χ4v) is 3.08. The minimum Gasteiger partial charge on any atom is -0.301 e. The van der Waals surface area contributed by atoms with E-state index in [9.17, 15) is 4.39 Å². The molecule has 1 aromatic carbocycles. The van der Waals surface area contributed by atoms with Crippen LogP contribution in [0.2, 0.25) is 5.02 Å². The largest absolute Gasteiger partial charge is 0.301 e. The van der Waals surface area contributed by atoms with Gasteiger partial charge in [0.15, 0.2) is 0 Å². The van der Waals surface area contributed by atoms with Gasteiger partial charge >= 0.3 is 0 Å². The van der Waals surface area contributed by atoms with Gasteiger partial charge in [-0.15, -0.1) is 11.3 Å². The van der Waals surface area contributed by atoms with Gasteiger partial charge in [-0.05, 0) is 25.8 Å². The van der Waals surface area contributed by atoms with E-state index in [1.165, 1.54) is 0 Å². The Balaban J connectivity index is 2.00. The summed E-state index contributed by atoms with van der Waals surface area (Å²) in [4.78, 5) is 4.49. The zero-order valence-electron chi connectivity index (χ0n) is 10.5. The Labute approximate surface area is 120 Å². The summed E-state index contributed by atoms with van der Waals surface area (Å²) in [6, 6.07) is 5.39. The minimum atomic E-state index is -0.352. The Morgan fingerprint density at radius 1 is 1.47 bits per heavy atom. The lowest BCUT2D eigenvalue weighted by Crippen LogP contribution is -2.25. The summed E-state index contributed by atoms with van der Waals surface area (Å²) in [5, 5.41) is 6.49. The van der Waals surface area contributed by atoms with Crippen LogP contribution in [0.25, 0.3) is 0 Å². The maximum absolute atomic E-state index is 14.2. The van der Waals surface area contributed by atoms with Crippen molar-refractivity contribution >= 4 is 22.9 Å². The molecule has 100 valence electrons. The van der Waals surface area contributed by atoms with Crippen molar-refractivity contribution in [3.8, 4) is 0 Å². The molecule has 1 aliphatic carbocycles. The van der Waals surface area contributed by atoms with E-state index in [0.29, 0.717) is 11.6 Å². The number of hydrogen-bond acceptors (Lipinski definition) is 3. The molecule has 1 fully saturated rings. The molecule has 2 nitrogen and oxygen atoms in total. The highest BCUT2D eigenvalue weighted by atomic mass is 35.5. The SMILES string of the molecule is Cc1csc(C(NC2CC2)c2cccc(Cl)c2F)n1. The summed E-state index contributed by atoms with van der Waals surface area (Å²) in [5.74, 6) is -0.352. The van der Waals surface area contributed by atoms with Gasteiger partial charge in [0.1, 0.15) is 10.8 Å². The van der Waals surface area contributed by atoms with Gasteiger partial charge in [0, 0.05) is 22.7 Å². The lowest BCUT2D eigenvalue weighted by molar-refractivity contribution is 0.544. The first-order valence-electron chi connectivity index (χ1n) is 6.27. The molecule has 1 unspecified atom stereocenters. The monoisotopic (exact) mass is 296 g/mol. The number of nitrogens with one attached hydrogen (secondary N) is 1. The van der Waals surface area contributed by atoms with E-state index in [1.807, 2.05) is 12.3 Å². The number of halogens is 2. The van der Waals surface area contributed by atoms with Crippen LogP contribution in [0.4, 0.5) is 4.39 Å². The number of thiazole rings is 1. The Morgan fingerprint density at radius 2 is 2.26 bits per heavy atom. The molecular weight excluding hydrogens is 283 g/mol. The first-order valence-corrected chi connectivity index (χ1v) is 7.53. The molecule has 3 rings (SSSR count).